The number of unbranched alkanes of at least 4 members (excludes halogenated alkanes) is 1. The van der Waals surface area contributed by atoms with E-state index < -0.39 is 5.97 Å². The van der Waals surface area contributed by atoms with Crippen LogP contribution in [0.15, 0.2) is 22.8 Å². The highest BCUT2D eigenvalue weighted by atomic mass is 16.5. The molecule has 0 aliphatic rings. The molecule has 0 fully saturated rings. The molecular weight excluding hydrogens is 274 g/mol. The molecule has 0 spiro atoms. The molecule has 0 bridgehead atoms. The van der Waals surface area contributed by atoms with Crippen molar-refractivity contribution in [3.05, 3.63) is 24.2 Å². The topological polar surface area (TPSA) is 80.0 Å². The molecule has 1 N–H and O–H groups in total. The number of rotatable bonds is 11. The number of carbonyl (C=O) groups is 2. The van der Waals surface area contributed by atoms with Crippen molar-refractivity contribution in [2.24, 2.45) is 0 Å². The second kappa shape index (κ2) is 9.99. The van der Waals surface area contributed by atoms with Crippen molar-refractivity contribution in [1.82, 2.24) is 4.90 Å². The summed E-state index contributed by atoms with van der Waals surface area (Å²) in [5.74, 6) is -0.978. The summed E-state index contributed by atoms with van der Waals surface area (Å²) in [7, 11) is 0. The summed E-state index contributed by atoms with van der Waals surface area (Å²) in [6, 6.07) is 3.21. The van der Waals surface area contributed by atoms with Gasteiger partial charge in [-0.2, -0.15) is 0 Å². The SMILES string of the molecule is CCCCOCCCN(CCC(=O)O)C(=O)c1ccco1. The van der Waals surface area contributed by atoms with Crippen LogP contribution in [0.2, 0.25) is 0 Å². The lowest BCUT2D eigenvalue weighted by Crippen LogP contribution is -2.34. The fourth-order valence-corrected chi connectivity index (χ4v) is 1.81. The van der Waals surface area contributed by atoms with E-state index in [4.69, 9.17) is 14.3 Å². The zero-order valence-corrected chi connectivity index (χ0v) is 12.4. The molecule has 1 rings (SSSR count). The number of carboxylic acids is 1. The quantitative estimate of drug-likeness (QED) is 0.634. The number of carboxylic acid groups (broad SMARTS) is 1. The Hall–Kier alpha value is -1.82. The van der Waals surface area contributed by atoms with Gasteiger partial charge in [-0.15, -0.1) is 0 Å². The Kier molecular flexibility index (Phi) is 8.19. The standard InChI is InChI=1S/C15H23NO5/c1-2-3-10-20-11-5-8-16(9-7-14(17)18)15(19)13-6-4-12-21-13/h4,6,12H,2-3,5,7-11H2,1H3,(H,17,18). The first-order chi connectivity index (χ1) is 10.1. The van der Waals surface area contributed by atoms with Gasteiger partial charge in [0.1, 0.15) is 0 Å². The molecule has 0 saturated heterocycles. The second-order valence-corrected chi connectivity index (χ2v) is 4.73. The zero-order valence-electron chi connectivity index (χ0n) is 12.4. The van der Waals surface area contributed by atoms with Crippen molar-refractivity contribution < 1.29 is 23.8 Å². The molecule has 1 aromatic heterocycles. The molecule has 0 radical (unpaired) electrons. The van der Waals surface area contributed by atoms with E-state index in [1.54, 1.807) is 12.1 Å². The van der Waals surface area contributed by atoms with Crippen molar-refractivity contribution >= 4 is 11.9 Å². The van der Waals surface area contributed by atoms with Crippen LogP contribution >= 0.6 is 0 Å². The molecule has 118 valence electrons. The van der Waals surface area contributed by atoms with Crippen molar-refractivity contribution in [1.29, 1.82) is 0 Å². The first-order valence-corrected chi connectivity index (χ1v) is 7.27. The zero-order chi connectivity index (χ0) is 15.5. The van der Waals surface area contributed by atoms with Gasteiger partial charge in [-0.1, -0.05) is 13.3 Å². The van der Waals surface area contributed by atoms with Gasteiger partial charge in [0.05, 0.1) is 12.7 Å². The first-order valence-electron chi connectivity index (χ1n) is 7.27. The predicted molar refractivity (Wildman–Crippen MR) is 77.2 cm³/mol. The lowest BCUT2D eigenvalue weighted by Gasteiger charge is -2.20. The van der Waals surface area contributed by atoms with Crippen molar-refractivity contribution in [3.8, 4) is 0 Å². The van der Waals surface area contributed by atoms with Gasteiger partial charge in [0.15, 0.2) is 5.76 Å². The Morgan fingerprint density at radius 3 is 2.67 bits per heavy atom. The Bertz CT molecular complexity index is 416. The van der Waals surface area contributed by atoms with E-state index in [2.05, 4.69) is 6.92 Å². The molecule has 1 heterocycles. The predicted octanol–water partition coefficient (Wildman–Crippen LogP) is 2.40. The largest absolute Gasteiger partial charge is 0.481 e. The van der Waals surface area contributed by atoms with E-state index in [1.807, 2.05) is 0 Å². The summed E-state index contributed by atoms with van der Waals surface area (Å²) < 4.78 is 10.5. The maximum atomic E-state index is 12.2. The lowest BCUT2D eigenvalue weighted by molar-refractivity contribution is -0.137. The van der Waals surface area contributed by atoms with Gasteiger partial charge in [-0.25, -0.2) is 0 Å². The number of ether oxygens (including phenoxy) is 1. The smallest absolute Gasteiger partial charge is 0.305 e. The minimum absolute atomic E-state index is 0.0802. The molecule has 0 saturated carbocycles. The van der Waals surface area contributed by atoms with Gasteiger partial charge < -0.3 is 19.2 Å². The molecule has 0 aliphatic carbocycles. The van der Waals surface area contributed by atoms with Crippen LogP contribution in [-0.4, -0.2) is 48.2 Å². The summed E-state index contributed by atoms with van der Waals surface area (Å²) in [5.41, 5.74) is 0. The van der Waals surface area contributed by atoms with E-state index in [0.717, 1.165) is 19.4 Å². The van der Waals surface area contributed by atoms with Crippen LogP contribution < -0.4 is 0 Å². The third-order valence-electron chi connectivity index (χ3n) is 2.97. The van der Waals surface area contributed by atoms with Crippen LogP contribution in [0.4, 0.5) is 0 Å². The Morgan fingerprint density at radius 2 is 2.05 bits per heavy atom. The summed E-state index contributed by atoms with van der Waals surface area (Å²) in [5, 5.41) is 8.76. The average molecular weight is 297 g/mol. The molecule has 0 unspecified atom stereocenters. The fourth-order valence-electron chi connectivity index (χ4n) is 1.81. The van der Waals surface area contributed by atoms with E-state index in [9.17, 15) is 9.59 Å². The van der Waals surface area contributed by atoms with E-state index >= 15 is 0 Å². The highest BCUT2D eigenvalue weighted by molar-refractivity contribution is 5.91. The summed E-state index contributed by atoms with van der Waals surface area (Å²) in [4.78, 5) is 24.4. The van der Waals surface area contributed by atoms with E-state index in [1.165, 1.54) is 11.2 Å². The molecule has 0 aliphatic heterocycles. The number of furan rings is 1. The maximum absolute atomic E-state index is 12.2. The highest BCUT2D eigenvalue weighted by Crippen LogP contribution is 2.07. The molecule has 1 amide bonds. The Balaban J connectivity index is 2.41. The van der Waals surface area contributed by atoms with E-state index in [0.29, 0.717) is 19.6 Å². The molecule has 0 atom stereocenters. The van der Waals surface area contributed by atoms with Crippen molar-refractivity contribution in [3.63, 3.8) is 0 Å². The highest BCUT2D eigenvalue weighted by Gasteiger charge is 2.18. The summed E-state index contributed by atoms with van der Waals surface area (Å²) >= 11 is 0. The maximum Gasteiger partial charge on any atom is 0.305 e. The number of carbonyl (C=O) groups excluding carboxylic acids is 1. The number of hydrogen-bond donors (Lipinski definition) is 1. The van der Waals surface area contributed by atoms with E-state index in [-0.39, 0.29) is 24.6 Å². The molecule has 1 aromatic rings. The third kappa shape index (κ3) is 6.94. The first kappa shape index (κ1) is 17.2. The van der Waals surface area contributed by atoms with Crippen LogP contribution in [0.1, 0.15) is 43.2 Å². The van der Waals surface area contributed by atoms with Gasteiger partial charge in [0.2, 0.25) is 0 Å². The lowest BCUT2D eigenvalue weighted by atomic mass is 10.3. The summed E-state index contributed by atoms with van der Waals surface area (Å²) in [6.45, 7) is 4.01. The third-order valence-corrected chi connectivity index (χ3v) is 2.97. The second-order valence-electron chi connectivity index (χ2n) is 4.73. The molecule has 0 aromatic carbocycles. The van der Waals surface area contributed by atoms with Gasteiger partial charge in [0, 0.05) is 26.3 Å². The van der Waals surface area contributed by atoms with Gasteiger partial charge in [-0.3, -0.25) is 9.59 Å². The molecular formula is C15H23NO5. The Morgan fingerprint density at radius 1 is 1.29 bits per heavy atom. The molecule has 6 nitrogen and oxygen atoms in total. The fraction of sp³-hybridized carbons (Fsp3) is 0.600. The molecule has 6 heteroatoms. The minimum Gasteiger partial charge on any atom is -0.481 e. The number of hydrogen-bond acceptors (Lipinski definition) is 4. The minimum atomic E-state index is -0.925. The van der Waals surface area contributed by atoms with Crippen LogP contribution in [0.5, 0.6) is 0 Å². The monoisotopic (exact) mass is 297 g/mol. The van der Waals surface area contributed by atoms with Gasteiger partial charge in [0.25, 0.3) is 5.91 Å². The number of nitrogens with zero attached hydrogens (tertiary/aromatic N) is 1. The van der Waals surface area contributed by atoms with Crippen molar-refractivity contribution in [2.75, 3.05) is 26.3 Å². The van der Waals surface area contributed by atoms with Crippen LogP contribution in [0.3, 0.4) is 0 Å². The average Bonchev–Trinajstić information content (AvgIpc) is 2.99. The number of amides is 1. The molecule has 21 heavy (non-hydrogen) atoms. The van der Waals surface area contributed by atoms with Crippen molar-refractivity contribution in [2.45, 2.75) is 32.6 Å². The summed E-state index contributed by atoms with van der Waals surface area (Å²) in [6.07, 6.45) is 4.13. The van der Waals surface area contributed by atoms with Crippen LogP contribution in [0.25, 0.3) is 0 Å². The number of aliphatic carboxylic acids is 1. The van der Waals surface area contributed by atoms with Crippen LogP contribution in [0, 0.1) is 0 Å². The normalized spacial score (nSPS) is 10.5. The van der Waals surface area contributed by atoms with Gasteiger partial charge >= 0.3 is 5.97 Å². The van der Waals surface area contributed by atoms with Gasteiger partial charge in [-0.05, 0) is 25.0 Å². The Labute approximate surface area is 124 Å². The van der Waals surface area contributed by atoms with Crippen LogP contribution in [-0.2, 0) is 9.53 Å².